The van der Waals surface area contributed by atoms with Crippen LogP contribution in [0.4, 0.5) is 0 Å². The van der Waals surface area contributed by atoms with Crippen molar-refractivity contribution in [3.63, 3.8) is 0 Å². The molecule has 0 saturated carbocycles. The summed E-state index contributed by atoms with van der Waals surface area (Å²) in [6, 6.07) is 59.8. The Labute approximate surface area is 273 Å². The molecule has 1 aliphatic heterocycles. The Kier molecular flexibility index (Phi) is 6.50. The van der Waals surface area contributed by atoms with E-state index in [1.54, 1.807) is 0 Å². The Hall–Kier alpha value is -6.26. The number of aromatic nitrogens is 1. The molecule has 47 heavy (non-hydrogen) atoms. The van der Waals surface area contributed by atoms with Crippen molar-refractivity contribution in [2.75, 3.05) is 0 Å². The van der Waals surface area contributed by atoms with Gasteiger partial charge in [0.25, 0.3) is 0 Å². The molecule has 4 heteroatoms. The van der Waals surface area contributed by atoms with Crippen molar-refractivity contribution in [3.05, 3.63) is 187 Å². The molecule has 0 bridgehead atoms. The number of nitrogens with one attached hydrogen (secondary N) is 1. The van der Waals surface area contributed by atoms with Crippen molar-refractivity contribution in [1.29, 1.82) is 0 Å². The smallest absolute Gasteiger partial charge is 0.159 e. The van der Waals surface area contributed by atoms with Crippen molar-refractivity contribution < 1.29 is 0 Å². The Balaban J connectivity index is 1.22. The molecule has 0 fully saturated rings. The van der Waals surface area contributed by atoms with Gasteiger partial charge in [-0.3, -0.25) is 0 Å². The van der Waals surface area contributed by atoms with Crippen LogP contribution in [0.15, 0.2) is 180 Å². The molecule has 1 aromatic heterocycles. The molecule has 0 spiro atoms. The van der Waals surface area contributed by atoms with E-state index >= 15 is 0 Å². The van der Waals surface area contributed by atoms with E-state index in [4.69, 9.17) is 9.98 Å². The molecule has 7 aromatic carbocycles. The molecular weight excluding hydrogens is 573 g/mol. The van der Waals surface area contributed by atoms with Crippen LogP contribution in [0.25, 0.3) is 49.4 Å². The van der Waals surface area contributed by atoms with Crippen molar-refractivity contribution in [3.8, 4) is 16.8 Å². The summed E-state index contributed by atoms with van der Waals surface area (Å²) in [4.78, 5) is 10.3. The number of rotatable bonds is 5. The fraction of sp³-hybridized carbons (Fsp3) is 0.0233. The fourth-order valence-electron chi connectivity index (χ4n) is 6.74. The summed E-state index contributed by atoms with van der Waals surface area (Å²) in [5, 5.41) is 8.43. The highest BCUT2D eigenvalue weighted by Crippen LogP contribution is 2.37. The van der Waals surface area contributed by atoms with Gasteiger partial charge >= 0.3 is 0 Å². The van der Waals surface area contributed by atoms with Crippen LogP contribution in [0, 0.1) is 0 Å². The van der Waals surface area contributed by atoms with E-state index in [9.17, 15) is 0 Å². The van der Waals surface area contributed by atoms with Gasteiger partial charge in [0, 0.05) is 33.0 Å². The van der Waals surface area contributed by atoms with Gasteiger partial charge in [0.1, 0.15) is 12.0 Å². The predicted molar refractivity (Wildman–Crippen MR) is 196 cm³/mol. The maximum Gasteiger partial charge on any atom is 0.159 e. The van der Waals surface area contributed by atoms with Crippen LogP contribution in [0.1, 0.15) is 22.9 Å². The van der Waals surface area contributed by atoms with E-state index in [1.807, 2.05) is 24.3 Å². The number of fused-ring (bicyclic) bond motifs is 5. The monoisotopic (exact) mass is 602 g/mol. The van der Waals surface area contributed by atoms with Gasteiger partial charge in [0.2, 0.25) is 0 Å². The van der Waals surface area contributed by atoms with E-state index < -0.39 is 0 Å². The van der Waals surface area contributed by atoms with E-state index in [2.05, 4.69) is 155 Å². The van der Waals surface area contributed by atoms with E-state index in [0.717, 1.165) is 28.2 Å². The van der Waals surface area contributed by atoms with Crippen LogP contribution < -0.4 is 5.32 Å². The Morgan fingerprint density at radius 2 is 1.11 bits per heavy atom. The molecule has 222 valence electrons. The van der Waals surface area contributed by atoms with E-state index in [-0.39, 0.29) is 6.17 Å². The van der Waals surface area contributed by atoms with Crippen molar-refractivity contribution in [2.45, 2.75) is 6.17 Å². The molecule has 2 heterocycles. The number of benzene rings is 7. The first-order valence-electron chi connectivity index (χ1n) is 16.0. The van der Waals surface area contributed by atoms with Gasteiger partial charge in [-0.15, -0.1) is 0 Å². The maximum absolute atomic E-state index is 5.22. The Morgan fingerprint density at radius 3 is 1.87 bits per heavy atom. The third-order valence-corrected chi connectivity index (χ3v) is 9.05. The lowest BCUT2D eigenvalue weighted by molar-refractivity contribution is 0.674. The van der Waals surface area contributed by atoms with Crippen LogP contribution in [0.5, 0.6) is 0 Å². The molecule has 0 amide bonds. The van der Waals surface area contributed by atoms with Crippen LogP contribution in [-0.4, -0.2) is 16.2 Å². The summed E-state index contributed by atoms with van der Waals surface area (Å²) in [5.41, 5.74) is 8.98. The SMILES string of the molecule is c1ccc(C2=NC(c3ccc4ccc5c6ccccc6n(-c6ccccc6)c5c4c3)=NC(c3ccc(-c4ccccc4)cc3)N2)cc1. The second-order valence-corrected chi connectivity index (χ2v) is 11.9. The molecule has 8 aromatic rings. The number of aliphatic imine (C=N–C) groups is 2. The van der Waals surface area contributed by atoms with E-state index in [0.29, 0.717) is 5.84 Å². The van der Waals surface area contributed by atoms with Gasteiger partial charge in [-0.05, 0) is 46.3 Å². The molecule has 1 atom stereocenters. The van der Waals surface area contributed by atoms with Gasteiger partial charge in [0.15, 0.2) is 5.84 Å². The normalized spacial score (nSPS) is 14.6. The van der Waals surface area contributed by atoms with Crippen molar-refractivity contribution in [2.24, 2.45) is 9.98 Å². The average molecular weight is 603 g/mol. The molecule has 1 aliphatic rings. The fourth-order valence-corrected chi connectivity index (χ4v) is 6.74. The highest BCUT2D eigenvalue weighted by molar-refractivity contribution is 6.20. The summed E-state index contributed by atoms with van der Waals surface area (Å²) in [6.45, 7) is 0. The highest BCUT2D eigenvalue weighted by Gasteiger charge is 2.22. The lowest BCUT2D eigenvalue weighted by Crippen LogP contribution is -2.33. The first-order chi connectivity index (χ1) is 23.3. The summed E-state index contributed by atoms with van der Waals surface area (Å²) >= 11 is 0. The molecule has 1 unspecified atom stereocenters. The van der Waals surface area contributed by atoms with Gasteiger partial charge in [-0.25, -0.2) is 9.98 Å². The second-order valence-electron chi connectivity index (χ2n) is 11.9. The molecular formula is C43H30N4. The molecule has 0 saturated heterocycles. The lowest BCUT2D eigenvalue weighted by Gasteiger charge is -2.24. The first kappa shape index (κ1) is 27.1. The zero-order valence-electron chi connectivity index (χ0n) is 25.6. The largest absolute Gasteiger partial charge is 0.344 e. The van der Waals surface area contributed by atoms with Gasteiger partial charge < -0.3 is 9.88 Å². The second kappa shape index (κ2) is 11.3. The summed E-state index contributed by atoms with van der Waals surface area (Å²) in [7, 11) is 0. The van der Waals surface area contributed by atoms with Gasteiger partial charge in [-0.1, -0.05) is 146 Å². The highest BCUT2D eigenvalue weighted by atomic mass is 15.2. The van der Waals surface area contributed by atoms with Crippen molar-refractivity contribution in [1.82, 2.24) is 9.88 Å². The summed E-state index contributed by atoms with van der Waals surface area (Å²) in [5.74, 6) is 1.52. The third-order valence-electron chi connectivity index (χ3n) is 9.05. The standard InChI is InChI=1S/C43H30N4/c1-4-12-29(13-5-1)30-20-23-33(24-21-30)42-44-41(32-14-6-2-7-15-32)45-43(46-42)34-25-22-31-26-27-37-36-18-10-11-19-39(36)47(40(37)38(31)28-34)35-16-8-3-9-17-35/h1-28,42H,(H,44,45,46). The van der Waals surface area contributed by atoms with Crippen LogP contribution in [-0.2, 0) is 0 Å². The molecule has 4 nitrogen and oxygen atoms in total. The Morgan fingerprint density at radius 1 is 0.489 bits per heavy atom. The predicted octanol–water partition coefficient (Wildman–Crippen LogP) is 10.1. The zero-order valence-corrected chi connectivity index (χ0v) is 25.6. The minimum atomic E-state index is -0.287. The average Bonchev–Trinajstić information content (AvgIpc) is 3.50. The number of amidine groups is 2. The molecule has 0 radical (unpaired) electrons. The van der Waals surface area contributed by atoms with Crippen LogP contribution in [0.2, 0.25) is 0 Å². The van der Waals surface area contributed by atoms with E-state index in [1.165, 1.54) is 43.7 Å². The molecule has 9 rings (SSSR count). The molecule has 1 N–H and O–H groups in total. The Bertz CT molecular complexity index is 2460. The lowest BCUT2D eigenvalue weighted by atomic mass is 10.0. The minimum Gasteiger partial charge on any atom is -0.344 e. The topological polar surface area (TPSA) is 41.7 Å². The minimum absolute atomic E-state index is 0.287. The summed E-state index contributed by atoms with van der Waals surface area (Å²) < 4.78 is 2.39. The molecule has 0 aliphatic carbocycles. The first-order valence-corrected chi connectivity index (χ1v) is 16.0. The quantitative estimate of drug-likeness (QED) is 0.209. The maximum atomic E-state index is 5.22. The number of hydrogen-bond acceptors (Lipinski definition) is 3. The van der Waals surface area contributed by atoms with Crippen molar-refractivity contribution >= 4 is 44.2 Å². The summed E-state index contributed by atoms with van der Waals surface area (Å²) in [6.07, 6.45) is -0.287. The van der Waals surface area contributed by atoms with Gasteiger partial charge in [-0.2, -0.15) is 0 Å². The van der Waals surface area contributed by atoms with Gasteiger partial charge in [0.05, 0.1) is 11.0 Å². The zero-order chi connectivity index (χ0) is 31.2. The number of para-hydroxylation sites is 2. The van der Waals surface area contributed by atoms with Crippen LogP contribution in [0.3, 0.4) is 0 Å². The number of nitrogens with zero attached hydrogens (tertiary/aromatic N) is 3. The number of hydrogen-bond donors (Lipinski definition) is 1. The third kappa shape index (κ3) is 4.79. The van der Waals surface area contributed by atoms with Crippen LogP contribution >= 0.6 is 0 Å².